The molecule has 0 saturated heterocycles. The Kier molecular flexibility index (Phi) is 3.88. The second kappa shape index (κ2) is 5.14. The van der Waals surface area contributed by atoms with E-state index in [9.17, 15) is 9.59 Å². The molecule has 19 heavy (non-hydrogen) atoms. The first-order chi connectivity index (χ1) is 8.85. The van der Waals surface area contributed by atoms with E-state index in [0.717, 1.165) is 0 Å². The van der Waals surface area contributed by atoms with Gasteiger partial charge in [-0.05, 0) is 31.1 Å². The molecule has 0 aliphatic heterocycles. The molecule has 0 aromatic carbocycles. The molecule has 0 unspecified atom stereocenters. The summed E-state index contributed by atoms with van der Waals surface area (Å²) in [6.45, 7) is 5.78. The molecule has 2 saturated carbocycles. The van der Waals surface area contributed by atoms with Crippen molar-refractivity contribution in [3.05, 3.63) is 0 Å². The Morgan fingerprint density at radius 2 is 1.74 bits per heavy atom. The molecule has 4 nitrogen and oxygen atoms in total. The van der Waals surface area contributed by atoms with Gasteiger partial charge in [0.05, 0.1) is 11.8 Å². The number of aliphatic carboxylic acids is 1. The van der Waals surface area contributed by atoms with Crippen molar-refractivity contribution in [2.45, 2.75) is 58.9 Å². The molecule has 2 fully saturated rings. The van der Waals surface area contributed by atoms with E-state index in [1.54, 1.807) is 0 Å². The Balaban J connectivity index is 1.89. The quantitative estimate of drug-likeness (QED) is 0.822. The number of carbonyl (C=O) groups excluding carboxylic acids is 1. The zero-order valence-electron chi connectivity index (χ0n) is 12.1. The van der Waals surface area contributed by atoms with Gasteiger partial charge < -0.3 is 10.4 Å². The molecule has 2 aliphatic rings. The van der Waals surface area contributed by atoms with Crippen LogP contribution in [0.4, 0.5) is 0 Å². The molecule has 2 N–H and O–H groups in total. The average Bonchev–Trinajstić information content (AvgIpc) is 2.93. The number of rotatable bonds is 4. The predicted octanol–water partition coefficient (Wildman–Crippen LogP) is 2.43. The Morgan fingerprint density at radius 1 is 1.16 bits per heavy atom. The van der Waals surface area contributed by atoms with Crippen LogP contribution in [0, 0.1) is 23.2 Å². The van der Waals surface area contributed by atoms with Gasteiger partial charge in [0.15, 0.2) is 0 Å². The van der Waals surface area contributed by atoms with Crippen LogP contribution in [0.1, 0.15) is 52.9 Å². The highest BCUT2D eigenvalue weighted by Gasteiger charge is 2.65. The summed E-state index contributed by atoms with van der Waals surface area (Å²) in [6, 6.07) is 0.165. The minimum Gasteiger partial charge on any atom is -0.481 e. The van der Waals surface area contributed by atoms with Crippen molar-refractivity contribution in [2.75, 3.05) is 0 Å². The van der Waals surface area contributed by atoms with E-state index in [0.29, 0.717) is 5.92 Å². The van der Waals surface area contributed by atoms with Crippen LogP contribution in [-0.4, -0.2) is 23.0 Å². The van der Waals surface area contributed by atoms with Gasteiger partial charge in [-0.25, -0.2) is 0 Å². The number of nitrogens with one attached hydrogen (secondary N) is 1. The highest BCUT2D eigenvalue weighted by molar-refractivity contribution is 5.91. The third-order valence-corrected chi connectivity index (χ3v) is 5.10. The van der Waals surface area contributed by atoms with Crippen molar-refractivity contribution in [1.82, 2.24) is 5.32 Å². The van der Waals surface area contributed by atoms with E-state index in [1.807, 2.05) is 13.8 Å². The lowest BCUT2D eigenvalue weighted by Gasteiger charge is -2.28. The molecule has 0 spiro atoms. The molecule has 108 valence electrons. The summed E-state index contributed by atoms with van der Waals surface area (Å²) < 4.78 is 0. The van der Waals surface area contributed by atoms with Crippen molar-refractivity contribution in [3.8, 4) is 0 Å². The Bertz CT molecular complexity index is 372. The molecular formula is C15H25NO3. The number of hydrogen-bond acceptors (Lipinski definition) is 2. The molecule has 4 heteroatoms. The molecule has 3 atom stereocenters. The fraction of sp³-hybridized carbons (Fsp3) is 0.867. The van der Waals surface area contributed by atoms with Crippen LogP contribution in [0.25, 0.3) is 0 Å². The van der Waals surface area contributed by atoms with Gasteiger partial charge in [0.25, 0.3) is 0 Å². The number of hydrogen-bond donors (Lipinski definition) is 2. The van der Waals surface area contributed by atoms with Gasteiger partial charge in [-0.15, -0.1) is 0 Å². The van der Waals surface area contributed by atoms with E-state index in [1.165, 1.54) is 32.1 Å². The molecule has 2 aliphatic carbocycles. The van der Waals surface area contributed by atoms with Gasteiger partial charge in [0.1, 0.15) is 0 Å². The van der Waals surface area contributed by atoms with E-state index in [2.05, 4.69) is 12.2 Å². The van der Waals surface area contributed by atoms with Crippen molar-refractivity contribution in [1.29, 1.82) is 0 Å². The number of amides is 1. The lowest BCUT2D eigenvalue weighted by Crippen LogP contribution is -2.40. The summed E-state index contributed by atoms with van der Waals surface area (Å²) in [5, 5.41) is 12.2. The van der Waals surface area contributed by atoms with E-state index in [4.69, 9.17) is 5.11 Å². The Hall–Kier alpha value is -1.06. The van der Waals surface area contributed by atoms with Crippen LogP contribution in [0.2, 0.25) is 0 Å². The summed E-state index contributed by atoms with van der Waals surface area (Å²) in [6.07, 6.45) is 6.15. The van der Waals surface area contributed by atoms with Crippen LogP contribution < -0.4 is 5.32 Å². The van der Waals surface area contributed by atoms with Gasteiger partial charge in [0.2, 0.25) is 5.91 Å². The SMILES string of the molecule is C[C@@H](NC(=O)[C@H]1[C@@H](C(=O)O)C1(C)C)C1CCCCC1. The largest absolute Gasteiger partial charge is 0.481 e. The average molecular weight is 267 g/mol. The van der Waals surface area contributed by atoms with Crippen LogP contribution in [-0.2, 0) is 9.59 Å². The maximum absolute atomic E-state index is 12.2. The highest BCUT2D eigenvalue weighted by atomic mass is 16.4. The summed E-state index contributed by atoms with van der Waals surface area (Å²) in [7, 11) is 0. The van der Waals surface area contributed by atoms with Crippen molar-refractivity contribution >= 4 is 11.9 Å². The molecular weight excluding hydrogens is 242 g/mol. The first-order valence-corrected chi connectivity index (χ1v) is 7.39. The zero-order chi connectivity index (χ0) is 14.2. The van der Waals surface area contributed by atoms with Crippen LogP contribution >= 0.6 is 0 Å². The topological polar surface area (TPSA) is 66.4 Å². The summed E-state index contributed by atoms with van der Waals surface area (Å²) in [4.78, 5) is 23.3. The van der Waals surface area contributed by atoms with E-state index < -0.39 is 17.3 Å². The van der Waals surface area contributed by atoms with Crippen molar-refractivity contribution in [2.24, 2.45) is 23.2 Å². The molecule has 1 amide bonds. The third-order valence-electron chi connectivity index (χ3n) is 5.10. The minimum atomic E-state index is -0.851. The van der Waals surface area contributed by atoms with Gasteiger partial charge in [-0.2, -0.15) is 0 Å². The normalized spacial score (nSPS) is 31.5. The van der Waals surface area contributed by atoms with Crippen LogP contribution in [0.3, 0.4) is 0 Å². The van der Waals surface area contributed by atoms with Gasteiger partial charge >= 0.3 is 5.97 Å². The summed E-state index contributed by atoms with van der Waals surface area (Å²) >= 11 is 0. The van der Waals surface area contributed by atoms with Gasteiger partial charge in [-0.3, -0.25) is 9.59 Å². The number of carbonyl (C=O) groups is 2. The second-order valence-corrected chi connectivity index (χ2v) is 6.81. The molecule has 0 aromatic rings. The predicted molar refractivity (Wildman–Crippen MR) is 72.6 cm³/mol. The molecule has 0 radical (unpaired) electrons. The smallest absolute Gasteiger partial charge is 0.307 e. The van der Waals surface area contributed by atoms with E-state index in [-0.39, 0.29) is 17.9 Å². The van der Waals surface area contributed by atoms with Crippen LogP contribution in [0.5, 0.6) is 0 Å². The number of carboxylic acids is 1. The molecule has 2 rings (SSSR count). The molecule has 0 aromatic heterocycles. The van der Waals surface area contributed by atoms with Crippen molar-refractivity contribution < 1.29 is 14.7 Å². The Labute approximate surface area is 115 Å². The minimum absolute atomic E-state index is 0.0736. The monoisotopic (exact) mass is 267 g/mol. The van der Waals surface area contributed by atoms with Gasteiger partial charge in [-0.1, -0.05) is 33.1 Å². The standard InChI is InChI=1S/C15H25NO3/c1-9(10-7-5-4-6-8-10)16-13(17)11-12(14(18)19)15(11,2)3/h9-12H,4-8H2,1-3H3,(H,16,17)(H,18,19)/t9-,11-,12+/m1/s1. The maximum Gasteiger partial charge on any atom is 0.307 e. The summed E-state index contributed by atoms with van der Waals surface area (Å²) in [5.41, 5.74) is -0.401. The first-order valence-electron chi connectivity index (χ1n) is 7.39. The van der Waals surface area contributed by atoms with Crippen molar-refractivity contribution in [3.63, 3.8) is 0 Å². The van der Waals surface area contributed by atoms with E-state index >= 15 is 0 Å². The number of carboxylic acid groups (broad SMARTS) is 1. The lowest BCUT2D eigenvalue weighted by molar-refractivity contribution is -0.140. The molecule has 0 heterocycles. The van der Waals surface area contributed by atoms with Gasteiger partial charge in [0, 0.05) is 6.04 Å². The fourth-order valence-electron chi connectivity index (χ4n) is 3.65. The first kappa shape index (κ1) is 14.4. The maximum atomic E-state index is 12.2. The highest BCUT2D eigenvalue weighted by Crippen LogP contribution is 2.58. The fourth-order valence-corrected chi connectivity index (χ4v) is 3.65. The Morgan fingerprint density at radius 3 is 2.21 bits per heavy atom. The molecule has 0 bridgehead atoms. The third kappa shape index (κ3) is 2.77. The summed E-state index contributed by atoms with van der Waals surface area (Å²) in [5.74, 6) is -1.25. The lowest BCUT2D eigenvalue weighted by atomic mass is 9.84. The zero-order valence-corrected chi connectivity index (χ0v) is 12.1. The van der Waals surface area contributed by atoms with Crippen LogP contribution in [0.15, 0.2) is 0 Å². The second-order valence-electron chi connectivity index (χ2n) is 6.81.